The fourth-order valence-corrected chi connectivity index (χ4v) is 2.10. The molecule has 0 aromatic heterocycles. The summed E-state index contributed by atoms with van der Waals surface area (Å²) in [5, 5.41) is 0. The molecule has 1 aliphatic carbocycles. The number of allylic oxidation sites excluding steroid dienone is 2. The van der Waals surface area contributed by atoms with Crippen molar-refractivity contribution in [2.24, 2.45) is 0 Å². The summed E-state index contributed by atoms with van der Waals surface area (Å²) in [6.45, 7) is 0. The van der Waals surface area contributed by atoms with Crippen molar-refractivity contribution in [3.05, 3.63) is 12.2 Å². The summed E-state index contributed by atoms with van der Waals surface area (Å²) in [5.74, 6) is 0.326. The highest BCUT2D eigenvalue weighted by atomic mass is 16.1. The second kappa shape index (κ2) is 8.70. The third-order valence-corrected chi connectivity index (χ3v) is 3.10. The van der Waals surface area contributed by atoms with E-state index in [4.69, 9.17) is 0 Å². The molecule has 15 heavy (non-hydrogen) atoms. The Hall–Kier alpha value is -0.590. The largest absolute Gasteiger partial charge is 0.295 e. The maximum Gasteiger partial charge on any atom is 0.155 e. The SMILES string of the molecule is O=C1/C=C\CCCCCCCCCCC1. The molecule has 1 aliphatic rings. The van der Waals surface area contributed by atoms with Gasteiger partial charge in [-0.15, -0.1) is 0 Å². The molecule has 0 aliphatic heterocycles. The van der Waals surface area contributed by atoms with Gasteiger partial charge >= 0.3 is 0 Å². The van der Waals surface area contributed by atoms with Crippen molar-refractivity contribution >= 4 is 5.78 Å². The average Bonchev–Trinajstić information content (AvgIpc) is 2.24. The number of rotatable bonds is 0. The first-order valence-electron chi connectivity index (χ1n) is 6.59. The van der Waals surface area contributed by atoms with E-state index < -0.39 is 0 Å². The molecule has 1 rings (SSSR count). The van der Waals surface area contributed by atoms with Crippen LogP contribution in [0.15, 0.2) is 12.2 Å². The topological polar surface area (TPSA) is 17.1 Å². The highest BCUT2D eigenvalue weighted by Crippen LogP contribution is 2.12. The van der Waals surface area contributed by atoms with Crippen molar-refractivity contribution in [1.29, 1.82) is 0 Å². The Balaban J connectivity index is 2.22. The molecular weight excluding hydrogens is 184 g/mol. The molecule has 0 unspecified atom stereocenters. The molecule has 0 aromatic rings. The van der Waals surface area contributed by atoms with Crippen molar-refractivity contribution in [3.63, 3.8) is 0 Å². The van der Waals surface area contributed by atoms with Crippen molar-refractivity contribution in [1.82, 2.24) is 0 Å². The van der Waals surface area contributed by atoms with Crippen LogP contribution in [0.5, 0.6) is 0 Å². The minimum Gasteiger partial charge on any atom is -0.295 e. The third-order valence-electron chi connectivity index (χ3n) is 3.10. The van der Waals surface area contributed by atoms with Crippen molar-refractivity contribution in [2.75, 3.05) is 0 Å². The number of ketones is 1. The molecule has 0 atom stereocenters. The van der Waals surface area contributed by atoms with Gasteiger partial charge in [-0.05, 0) is 25.3 Å². The van der Waals surface area contributed by atoms with Gasteiger partial charge in [0.05, 0.1) is 0 Å². The van der Waals surface area contributed by atoms with Gasteiger partial charge in [0.1, 0.15) is 0 Å². The Bertz CT molecular complexity index is 194. The molecule has 0 radical (unpaired) electrons. The summed E-state index contributed by atoms with van der Waals surface area (Å²) in [5.41, 5.74) is 0. The van der Waals surface area contributed by atoms with Gasteiger partial charge < -0.3 is 0 Å². The van der Waals surface area contributed by atoms with Crippen LogP contribution in [0, 0.1) is 0 Å². The Labute approximate surface area is 93.9 Å². The van der Waals surface area contributed by atoms with Gasteiger partial charge in [-0.2, -0.15) is 0 Å². The summed E-state index contributed by atoms with van der Waals surface area (Å²) in [6.07, 6.45) is 17.5. The highest BCUT2D eigenvalue weighted by Gasteiger charge is 1.98. The van der Waals surface area contributed by atoms with Gasteiger partial charge in [-0.3, -0.25) is 4.79 Å². The van der Waals surface area contributed by atoms with Crippen LogP contribution in [-0.2, 0) is 4.79 Å². The van der Waals surface area contributed by atoms with Crippen molar-refractivity contribution in [3.8, 4) is 0 Å². The quantitative estimate of drug-likeness (QED) is 0.576. The van der Waals surface area contributed by atoms with Gasteiger partial charge in [-0.1, -0.05) is 51.0 Å². The predicted octanol–water partition coefficient (Wildman–Crippen LogP) is 4.42. The van der Waals surface area contributed by atoms with E-state index >= 15 is 0 Å². The Kier molecular flexibility index (Phi) is 7.24. The summed E-state index contributed by atoms with van der Waals surface area (Å²) in [4.78, 5) is 11.4. The van der Waals surface area contributed by atoms with E-state index in [-0.39, 0.29) is 0 Å². The summed E-state index contributed by atoms with van der Waals surface area (Å²) in [6, 6.07) is 0. The van der Waals surface area contributed by atoms with Crippen LogP contribution < -0.4 is 0 Å². The molecule has 1 heteroatoms. The van der Waals surface area contributed by atoms with E-state index in [0.717, 1.165) is 19.3 Å². The van der Waals surface area contributed by atoms with Crippen LogP contribution in [0.25, 0.3) is 0 Å². The normalized spacial score (nSPS) is 24.4. The van der Waals surface area contributed by atoms with Crippen molar-refractivity contribution < 1.29 is 4.79 Å². The number of carbonyl (C=O) groups is 1. The predicted molar refractivity (Wildman–Crippen MR) is 64.9 cm³/mol. The van der Waals surface area contributed by atoms with Crippen LogP contribution >= 0.6 is 0 Å². The van der Waals surface area contributed by atoms with E-state index in [1.54, 1.807) is 6.08 Å². The van der Waals surface area contributed by atoms with E-state index in [1.807, 2.05) is 0 Å². The van der Waals surface area contributed by atoms with E-state index in [2.05, 4.69) is 6.08 Å². The standard InChI is InChI=1S/C14H24O/c15-14-12-10-8-6-4-2-1-3-5-7-9-11-13-14/h10,12H,1-9,11,13H2/b12-10-. The lowest BCUT2D eigenvalue weighted by atomic mass is 10.0. The fourth-order valence-electron chi connectivity index (χ4n) is 2.10. The van der Waals surface area contributed by atoms with Crippen LogP contribution in [-0.4, -0.2) is 5.78 Å². The summed E-state index contributed by atoms with van der Waals surface area (Å²) < 4.78 is 0. The molecule has 0 saturated carbocycles. The van der Waals surface area contributed by atoms with Crippen LogP contribution in [0.1, 0.15) is 70.6 Å². The molecule has 0 N–H and O–H groups in total. The monoisotopic (exact) mass is 208 g/mol. The second-order valence-corrected chi connectivity index (χ2v) is 4.59. The van der Waals surface area contributed by atoms with Crippen LogP contribution in [0.2, 0.25) is 0 Å². The first-order chi connectivity index (χ1) is 7.39. The summed E-state index contributed by atoms with van der Waals surface area (Å²) in [7, 11) is 0. The number of hydrogen-bond acceptors (Lipinski definition) is 1. The highest BCUT2D eigenvalue weighted by molar-refractivity contribution is 5.89. The fraction of sp³-hybridized carbons (Fsp3) is 0.786. The molecule has 0 saturated heterocycles. The van der Waals surface area contributed by atoms with Gasteiger partial charge in [-0.25, -0.2) is 0 Å². The maximum atomic E-state index is 11.4. The number of hydrogen-bond donors (Lipinski definition) is 0. The van der Waals surface area contributed by atoms with E-state index in [0.29, 0.717) is 5.78 Å². The van der Waals surface area contributed by atoms with E-state index in [1.165, 1.54) is 51.4 Å². The molecule has 86 valence electrons. The molecule has 0 aromatic carbocycles. The van der Waals surface area contributed by atoms with Gasteiger partial charge in [0.2, 0.25) is 0 Å². The van der Waals surface area contributed by atoms with Gasteiger partial charge in [0.25, 0.3) is 0 Å². The molecule has 0 amide bonds. The smallest absolute Gasteiger partial charge is 0.155 e. The van der Waals surface area contributed by atoms with Crippen molar-refractivity contribution in [2.45, 2.75) is 70.6 Å². The molecule has 0 fully saturated rings. The second-order valence-electron chi connectivity index (χ2n) is 4.59. The first kappa shape index (κ1) is 12.5. The lowest BCUT2D eigenvalue weighted by molar-refractivity contribution is -0.114. The summed E-state index contributed by atoms with van der Waals surface area (Å²) >= 11 is 0. The van der Waals surface area contributed by atoms with Gasteiger partial charge in [0, 0.05) is 6.42 Å². The Morgan fingerprint density at radius 3 is 1.93 bits per heavy atom. The maximum absolute atomic E-state index is 11.4. The molecule has 1 nitrogen and oxygen atoms in total. The molecule has 0 heterocycles. The van der Waals surface area contributed by atoms with Crippen LogP contribution in [0.3, 0.4) is 0 Å². The average molecular weight is 208 g/mol. The van der Waals surface area contributed by atoms with E-state index in [9.17, 15) is 4.79 Å². The minimum atomic E-state index is 0.326. The van der Waals surface area contributed by atoms with Gasteiger partial charge in [0.15, 0.2) is 5.78 Å². The third kappa shape index (κ3) is 7.35. The Morgan fingerprint density at radius 1 is 0.733 bits per heavy atom. The zero-order chi connectivity index (χ0) is 10.8. The molecule has 0 bridgehead atoms. The Morgan fingerprint density at radius 2 is 1.27 bits per heavy atom. The minimum absolute atomic E-state index is 0.326. The molecule has 0 spiro atoms. The lowest BCUT2D eigenvalue weighted by Crippen LogP contribution is -1.93. The first-order valence-corrected chi connectivity index (χ1v) is 6.59. The van der Waals surface area contributed by atoms with Crippen LogP contribution in [0.4, 0.5) is 0 Å². The zero-order valence-electron chi connectivity index (χ0n) is 9.84. The number of carbonyl (C=O) groups excluding carboxylic acids is 1. The molecular formula is C14H24O. The lowest BCUT2D eigenvalue weighted by Gasteiger charge is -2.02. The zero-order valence-corrected chi connectivity index (χ0v) is 9.84.